The molecule has 238 valence electrons. The van der Waals surface area contributed by atoms with Crippen molar-refractivity contribution in [1.29, 1.82) is 0 Å². The summed E-state index contributed by atoms with van der Waals surface area (Å²) >= 11 is 0. The molecule has 0 saturated carbocycles. The van der Waals surface area contributed by atoms with Gasteiger partial charge >= 0.3 is 18.1 Å². The number of ether oxygens (including phenoxy) is 2. The number of allylic oxidation sites excluding steroid dienone is 5. The minimum Gasteiger partial charge on any atom is -0.488 e. The van der Waals surface area contributed by atoms with Crippen LogP contribution in [0.1, 0.15) is 62.6 Å². The Kier molecular flexibility index (Phi) is 12.9. The van der Waals surface area contributed by atoms with Crippen LogP contribution in [0.4, 0.5) is 9.59 Å². The fourth-order valence-corrected chi connectivity index (χ4v) is 5.80. The normalized spacial score (nSPS) is 17.8. The summed E-state index contributed by atoms with van der Waals surface area (Å²) in [5.41, 5.74) is 5.54. The molecule has 2 heterocycles. The number of carboxylic acids is 1. The van der Waals surface area contributed by atoms with Gasteiger partial charge in [0.05, 0.1) is 0 Å². The lowest BCUT2D eigenvalue weighted by Crippen LogP contribution is -2.51. The molecule has 3 aliphatic rings. The summed E-state index contributed by atoms with van der Waals surface area (Å²) < 4.78 is 11.5. The molecule has 0 radical (unpaired) electrons. The number of likely N-dealkylation sites (tertiary alicyclic amines) is 1. The average Bonchev–Trinajstić information content (AvgIpc) is 3.18. The van der Waals surface area contributed by atoms with Crippen LogP contribution in [0.2, 0.25) is 0 Å². The number of hydrogen-bond donors (Lipinski definition) is 2. The summed E-state index contributed by atoms with van der Waals surface area (Å²) in [7, 11) is 0. The average molecular weight is 606 g/mol. The number of urea groups is 1. The zero-order chi connectivity index (χ0) is 32.2. The van der Waals surface area contributed by atoms with Gasteiger partial charge in [-0.05, 0) is 73.8 Å². The number of carbonyl (C=O) groups excluding carboxylic acids is 2. The lowest BCUT2D eigenvalue weighted by atomic mass is 10.00. The van der Waals surface area contributed by atoms with Gasteiger partial charge in [0.1, 0.15) is 12.4 Å². The zero-order valence-corrected chi connectivity index (χ0v) is 26.6. The SMILES string of the molecule is C=C/C=C(\C=C)COc1c(C)cc(C[C@@H](OC(=O)N2CCC(N3CCC4=C(CCC=C4)NC3=O)CC2)C(=O)O)cc1C.CC. The molecule has 2 aliphatic heterocycles. The Morgan fingerprint density at radius 3 is 2.41 bits per heavy atom. The molecule has 9 heteroatoms. The van der Waals surface area contributed by atoms with Gasteiger partial charge in [-0.25, -0.2) is 14.4 Å². The summed E-state index contributed by atoms with van der Waals surface area (Å²) in [6, 6.07) is 3.64. The molecule has 1 aromatic rings. The molecular weight excluding hydrogens is 558 g/mol. The Balaban J connectivity index is 0.00000259. The molecule has 4 rings (SSSR count). The third kappa shape index (κ3) is 8.88. The van der Waals surface area contributed by atoms with Crippen LogP contribution in [0.3, 0.4) is 0 Å². The highest BCUT2D eigenvalue weighted by atomic mass is 16.6. The summed E-state index contributed by atoms with van der Waals surface area (Å²) in [5.74, 6) is -0.487. The van der Waals surface area contributed by atoms with E-state index in [0.29, 0.717) is 44.8 Å². The predicted molar refractivity (Wildman–Crippen MR) is 173 cm³/mol. The topological polar surface area (TPSA) is 108 Å². The van der Waals surface area contributed by atoms with Crippen molar-refractivity contribution in [3.8, 4) is 5.75 Å². The second-order valence-electron chi connectivity index (χ2n) is 11.0. The second kappa shape index (κ2) is 16.5. The molecule has 1 aromatic carbocycles. The Bertz CT molecular complexity index is 1300. The maximum atomic E-state index is 13.0. The Labute approximate surface area is 261 Å². The van der Waals surface area contributed by atoms with Crippen LogP contribution < -0.4 is 10.1 Å². The maximum Gasteiger partial charge on any atom is 0.410 e. The van der Waals surface area contributed by atoms with Crippen molar-refractivity contribution in [3.05, 3.63) is 89.2 Å². The van der Waals surface area contributed by atoms with E-state index in [-0.39, 0.29) is 18.5 Å². The van der Waals surface area contributed by atoms with Crippen LogP contribution in [0.25, 0.3) is 0 Å². The number of piperidine rings is 1. The fourth-order valence-electron chi connectivity index (χ4n) is 5.80. The lowest BCUT2D eigenvalue weighted by molar-refractivity contribution is -0.147. The van der Waals surface area contributed by atoms with E-state index in [1.54, 1.807) is 12.2 Å². The Hall–Kier alpha value is -4.27. The Morgan fingerprint density at radius 1 is 1.11 bits per heavy atom. The van der Waals surface area contributed by atoms with Crippen molar-refractivity contribution >= 4 is 18.1 Å². The van der Waals surface area contributed by atoms with E-state index in [0.717, 1.165) is 47.2 Å². The predicted octanol–water partition coefficient (Wildman–Crippen LogP) is 6.62. The monoisotopic (exact) mass is 605 g/mol. The summed E-state index contributed by atoms with van der Waals surface area (Å²) in [5, 5.41) is 12.9. The lowest BCUT2D eigenvalue weighted by Gasteiger charge is -2.37. The van der Waals surface area contributed by atoms with Gasteiger partial charge in [-0.2, -0.15) is 0 Å². The number of nitrogens with one attached hydrogen (secondary N) is 1. The number of benzene rings is 1. The van der Waals surface area contributed by atoms with Crippen molar-refractivity contribution in [2.45, 2.75) is 78.4 Å². The van der Waals surface area contributed by atoms with Gasteiger partial charge in [0.2, 0.25) is 6.10 Å². The van der Waals surface area contributed by atoms with Gasteiger partial charge < -0.3 is 29.7 Å². The Morgan fingerprint density at radius 2 is 1.80 bits per heavy atom. The smallest absolute Gasteiger partial charge is 0.410 e. The van der Waals surface area contributed by atoms with Crippen molar-refractivity contribution in [2.24, 2.45) is 0 Å². The number of amides is 3. The number of carboxylic acid groups (broad SMARTS) is 1. The molecule has 44 heavy (non-hydrogen) atoms. The molecule has 2 N–H and O–H groups in total. The van der Waals surface area contributed by atoms with E-state index >= 15 is 0 Å². The first-order chi connectivity index (χ1) is 21.2. The third-order valence-electron chi connectivity index (χ3n) is 8.01. The number of aliphatic carboxylic acids is 1. The van der Waals surface area contributed by atoms with Crippen molar-refractivity contribution < 1.29 is 29.0 Å². The number of carbonyl (C=O) groups is 3. The quantitative estimate of drug-likeness (QED) is 0.290. The highest BCUT2D eigenvalue weighted by molar-refractivity contribution is 5.78. The first kappa shape index (κ1) is 34.2. The number of nitrogens with zero attached hydrogens (tertiary/aromatic N) is 2. The van der Waals surface area contributed by atoms with Crippen LogP contribution in [-0.2, 0) is 16.0 Å². The zero-order valence-electron chi connectivity index (χ0n) is 26.6. The van der Waals surface area contributed by atoms with E-state index in [1.165, 1.54) is 10.5 Å². The standard InChI is InChI=1S/C33H41N3O6.C2H6/c1-5-9-24(6-2)21-41-30-22(3)18-25(19-23(30)4)20-29(31(37)38)42-33(40)35-15-13-27(14-16-35)36-17-12-26-10-7-8-11-28(26)34-32(36)39;1-2/h5-7,9-10,18-19,27,29H,1-2,8,11-17,20-21H2,3-4H3,(H,34,39)(H,37,38);1-2H3/b24-9+;/t29-;/m1./s1. The third-order valence-corrected chi connectivity index (χ3v) is 8.01. The van der Waals surface area contributed by atoms with E-state index in [2.05, 4.69) is 30.6 Å². The number of rotatable bonds is 10. The van der Waals surface area contributed by atoms with Crippen LogP contribution >= 0.6 is 0 Å². The van der Waals surface area contributed by atoms with E-state index in [4.69, 9.17) is 9.47 Å². The molecule has 9 nitrogen and oxygen atoms in total. The first-order valence-corrected chi connectivity index (χ1v) is 15.5. The van der Waals surface area contributed by atoms with Crippen LogP contribution in [-0.4, -0.2) is 71.4 Å². The molecule has 1 fully saturated rings. The minimum atomic E-state index is -1.33. The molecule has 0 aromatic heterocycles. The first-order valence-electron chi connectivity index (χ1n) is 15.5. The van der Waals surface area contributed by atoms with E-state index in [9.17, 15) is 19.5 Å². The summed E-state index contributed by atoms with van der Waals surface area (Å²) in [4.78, 5) is 41.4. The van der Waals surface area contributed by atoms with Crippen molar-refractivity contribution in [2.75, 3.05) is 26.2 Å². The van der Waals surface area contributed by atoms with Crippen LogP contribution in [0.15, 0.2) is 72.5 Å². The second-order valence-corrected chi connectivity index (χ2v) is 11.0. The largest absolute Gasteiger partial charge is 0.488 e. The van der Waals surface area contributed by atoms with Crippen molar-refractivity contribution in [3.63, 3.8) is 0 Å². The van der Waals surface area contributed by atoms with Gasteiger partial charge in [0.25, 0.3) is 0 Å². The molecule has 3 amide bonds. The number of hydrogen-bond acceptors (Lipinski definition) is 5. The highest BCUT2D eigenvalue weighted by Crippen LogP contribution is 2.28. The van der Waals surface area contributed by atoms with Gasteiger partial charge in [-0.3, -0.25) is 0 Å². The molecule has 0 unspecified atom stereocenters. The summed E-state index contributed by atoms with van der Waals surface area (Å²) in [6.45, 7) is 17.0. The fraction of sp³-hybridized carbons (Fsp3) is 0.457. The molecule has 1 aliphatic carbocycles. The molecular formula is C35H47N3O6. The van der Waals surface area contributed by atoms with Crippen molar-refractivity contribution in [1.82, 2.24) is 15.1 Å². The van der Waals surface area contributed by atoms with Gasteiger partial charge in [0, 0.05) is 37.8 Å². The molecule has 1 atom stereocenters. The van der Waals surface area contributed by atoms with Gasteiger partial charge in [-0.15, -0.1) is 0 Å². The highest BCUT2D eigenvalue weighted by Gasteiger charge is 2.34. The maximum absolute atomic E-state index is 13.0. The molecule has 1 saturated heterocycles. The molecule has 0 spiro atoms. The number of aryl methyl sites for hydroxylation is 2. The summed E-state index contributed by atoms with van der Waals surface area (Å²) in [6.07, 6.45) is 11.3. The van der Waals surface area contributed by atoms with E-state index < -0.39 is 18.2 Å². The molecule has 0 bridgehead atoms. The van der Waals surface area contributed by atoms with Gasteiger partial charge in [-0.1, -0.05) is 69.5 Å². The van der Waals surface area contributed by atoms with Crippen LogP contribution in [0, 0.1) is 13.8 Å². The van der Waals surface area contributed by atoms with E-state index in [1.807, 2.05) is 50.8 Å². The van der Waals surface area contributed by atoms with Gasteiger partial charge in [0.15, 0.2) is 0 Å². The van der Waals surface area contributed by atoms with Crippen LogP contribution in [0.5, 0.6) is 5.75 Å². The minimum absolute atomic E-state index is 0.0103.